The van der Waals surface area contributed by atoms with Crippen LogP contribution in [0.4, 0.5) is 10.5 Å². The first-order valence-electron chi connectivity index (χ1n) is 15.9. The van der Waals surface area contributed by atoms with E-state index in [9.17, 15) is 19.5 Å². The molecule has 1 aromatic rings. The zero-order valence-corrected chi connectivity index (χ0v) is 30.6. The lowest BCUT2D eigenvalue weighted by molar-refractivity contribution is -0.159. The lowest BCUT2D eigenvalue weighted by Crippen LogP contribution is -2.60. The van der Waals surface area contributed by atoms with Gasteiger partial charge in [0.05, 0.1) is 23.2 Å². The van der Waals surface area contributed by atoms with Gasteiger partial charge in [-0.1, -0.05) is 76.9 Å². The summed E-state index contributed by atoms with van der Waals surface area (Å²) in [6.45, 7) is 9.53. The SMILES string of the molecule is CSSCCCOCC(=O)O[C@H]1CC(=O)N(C)c2cc(cc(C)c2Cl)C/C(C)=C/C=C/[C@@H](C)[C@@]2(O)C[C@H](OC(=O)N2)[C@@H](C)[C@@H]2O[C@@]12C. The van der Waals surface area contributed by atoms with Crippen LogP contribution in [0.15, 0.2) is 35.9 Å². The normalized spacial score (nSPS) is 33.2. The van der Waals surface area contributed by atoms with Crippen molar-refractivity contribution >= 4 is 56.8 Å². The fraction of sp³-hybridized carbons (Fsp3) is 0.618. The van der Waals surface area contributed by atoms with E-state index >= 15 is 0 Å². The highest BCUT2D eigenvalue weighted by molar-refractivity contribution is 8.76. The first-order chi connectivity index (χ1) is 22.2. The minimum Gasteiger partial charge on any atom is -0.457 e. The molecule has 1 aromatic carbocycles. The van der Waals surface area contributed by atoms with E-state index < -0.39 is 53.5 Å². The number of epoxide rings is 1. The molecule has 0 aromatic heterocycles. The monoisotopic (exact) mass is 710 g/mol. The second kappa shape index (κ2) is 16.0. The summed E-state index contributed by atoms with van der Waals surface area (Å²) in [5.41, 5.74) is 0.778. The minimum atomic E-state index is -1.56. The molecule has 4 bridgehead atoms. The van der Waals surface area contributed by atoms with Gasteiger partial charge in [0.15, 0.2) is 0 Å². The molecule has 3 heterocycles. The van der Waals surface area contributed by atoms with Crippen molar-refractivity contribution < 1.29 is 38.4 Å². The Bertz CT molecular complexity index is 1390. The van der Waals surface area contributed by atoms with E-state index in [1.54, 1.807) is 35.6 Å². The molecule has 2 N–H and O–H groups in total. The van der Waals surface area contributed by atoms with Crippen LogP contribution in [0.5, 0.6) is 0 Å². The van der Waals surface area contributed by atoms with Gasteiger partial charge in [-0.25, -0.2) is 9.59 Å². The Labute approximate surface area is 290 Å². The van der Waals surface area contributed by atoms with Crippen LogP contribution in [0.25, 0.3) is 0 Å². The molecule has 0 aliphatic carbocycles. The Hall–Kier alpha value is -2.22. The number of nitrogens with zero attached hydrogens (tertiary/aromatic N) is 1. The molecular weight excluding hydrogens is 664 g/mol. The maximum atomic E-state index is 13.9. The predicted octanol–water partition coefficient (Wildman–Crippen LogP) is 6.01. The average molecular weight is 711 g/mol. The highest BCUT2D eigenvalue weighted by Crippen LogP contribution is 2.49. The number of hydrogen-bond donors (Lipinski definition) is 2. The number of esters is 1. The molecule has 0 spiro atoms. The number of halogens is 1. The summed E-state index contributed by atoms with van der Waals surface area (Å²) in [7, 11) is 5.05. The van der Waals surface area contributed by atoms with Crippen LogP contribution in [0.2, 0.25) is 5.02 Å². The second-order valence-corrected chi connectivity index (χ2v) is 16.0. The number of benzene rings is 1. The summed E-state index contributed by atoms with van der Waals surface area (Å²) in [4.78, 5) is 41.1. The standard InChI is InChI=1S/C34H47ClN2O8S2/c1-20-10-8-11-22(3)34(41)18-26(43-32(40)36-34)23(4)31-33(5,45-31)27(44-29(39)19-42-12-9-13-47-46-7)17-28(38)37(6)25-16-24(14-20)15-21(2)30(25)35/h8,10-11,15-16,22-23,26-27,31,41H,9,12-14,17-19H2,1-7H3,(H,36,40)/b11-8+,20-10+/t22-,23-,26+,27+,31+,33+,34+/m1/s1. The number of aryl methyl sites for hydroxylation is 1. The number of rotatable bonds is 8. The molecular formula is C34H47ClN2O8S2. The molecule has 2 amide bonds. The maximum Gasteiger partial charge on any atom is 0.409 e. The third-order valence-electron chi connectivity index (χ3n) is 9.22. The van der Waals surface area contributed by atoms with Gasteiger partial charge in [-0.2, -0.15) is 0 Å². The Morgan fingerprint density at radius 3 is 2.72 bits per heavy atom. The number of nitrogens with one attached hydrogen (secondary N) is 1. The molecule has 260 valence electrons. The molecule has 10 nitrogen and oxygen atoms in total. The smallest absolute Gasteiger partial charge is 0.409 e. The number of ether oxygens (including phenoxy) is 4. The molecule has 3 aliphatic heterocycles. The first-order valence-corrected chi connectivity index (χ1v) is 19.0. The van der Waals surface area contributed by atoms with Gasteiger partial charge in [-0.15, -0.1) is 0 Å². The summed E-state index contributed by atoms with van der Waals surface area (Å²) in [6, 6.07) is 3.89. The van der Waals surface area contributed by atoms with E-state index in [2.05, 4.69) is 5.32 Å². The molecule has 3 aliphatic rings. The van der Waals surface area contributed by atoms with Gasteiger partial charge in [-0.3, -0.25) is 10.1 Å². The van der Waals surface area contributed by atoms with Crippen LogP contribution in [0, 0.1) is 18.8 Å². The van der Waals surface area contributed by atoms with Gasteiger partial charge in [0.25, 0.3) is 0 Å². The van der Waals surface area contributed by atoms with Gasteiger partial charge < -0.3 is 29.0 Å². The largest absolute Gasteiger partial charge is 0.457 e. The van der Waals surface area contributed by atoms with Crippen molar-refractivity contribution in [3.63, 3.8) is 0 Å². The number of alkyl carbamates (subject to hydrolysis) is 1. The molecule has 2 saturated heterocycles. The lowest BCUT2D eigenvalue weighted by Gasteiger charge is -2.41. The highest BCUT2D eigenvalue weighted by atomic mass is 35.5. The molecule has 0 radical (unpaired) electrons. The predicted molar refractivity (Wildman–Crippen MR) is 187 cm³/mol. The Morgan fingerprint density at radius 2 is 2.00 bits per heavy atom. The van der Waals surface area contributed by atoms with E-state index in [1.165, 1.54) is 4.90 Å². The van der Waals surface area contributed by atoms with Crippen LogP contribution in [-0.4, -0.2) is 85.0 Å². The number of carbonyl (C=O) groups is 3. The van der Waals surface area contributed by atoms with E-state index in [0.29, 0.717) is 23.7 Å². The van der Waals surface area contributed by atoms with Crippen molar-refractivity contribution in [2.24, 2.45) is 11.8 Å². The zero-order chi connectivity index (χ0) is 34.5. The fourth-order valence-corrected chi connectivity index (χ4v) is 7.69. The molecule has 47 heavy (non-hydrogen) atoms. The number of allylic oxidation sites excluding steroid dienone is 3. The van der Waals surface area contributed by atoms with Crippen molar-refractivity contribution in [3.05, 3.63) is 52.1 Å². The third kappa shape index (κ3) is 9.27. The molecule has 4 rings (SSSR count). The van der Waals surface area contributed by atoms with Crippen LogP contribution >= 0.6 is 33.2 Å². The Balaban J connectivity index is 1.66. The summed E-state index contributed by atoms with van der Waals surface area (Å²) in [6.07, 6.45) is 6.09. The Morgan fingerprint density at radius 1 is 1.26 bits per heavy atom. The van der Waals surface area contributed by atoms with Crippen molar-refractivity contribution in [2.75, 3.05) is 37.2 Å². The molecule has 13 heteroatoms. The topological polar surface area (TPSA) is 127 Å². The first kappa shape index (κ1) is 37.6. The van der Waals surface area contributed by atoms with Crippen LogP contribution in [-0.2, 0) is 35.0 Å². The van der Waals surface area contributed by atoms with Crippen molar-refractivity contribution in [2.45, 2.75) is 89.9 Å². The molecule has 0 unspecified atom stereocenters. The van der Waals surface area contributed by atoms with Gasteiger partial charge in [0, 0.05) is 37.7 Å². The fourth-order valence-electron chi connectivity index (χ4n) is 6.20. The lowest BCUT2D eigenvalue weighted by atomic mass is 9.82. The van der Waals surface area contributed by atoms with Crippen molar-refractivity contribution in [3.8, 4) is 0 Å². The Kier molecular flexibility index (Phi) is 12.8. The number of aliphatic hydroxyl groups is 1. The number of carbonyl (C=O) groups excluding carboxylic acids is 3. The molecule has 2 fully saturated rings. The van der Waals surface area contributed by atoms with Gasteiger partial charge >= 0.3 is 12.1 Å². The molecule has 7 atom stereocenters. The summed E-state index contributed by atoms with van der Waals surface area (Å²) >= 11 is 6.73. The zero-order valence-electron chi connectivity index (χ0n) is 28.2. The highest BCUT2D eigenvalue weighted by Gasteiger charge is 2.64. The van der Waals surface area contributed by atoms with E-state index in [-0.39, 0.29) is 25.4 Å². The summed E-state index contributed by atoms with van der Waals surface area (Å²) < 4.78 is 23.3. The van der Waals surface area contributed by atoms with Crippen molar-refractivity contribution in [1.29, 1.82) is 0 Å². The quantitative estimate of drug-likeness (QED) is 0.143. The summed E-state index contributed by atoms with van der Waals surface area (Å²) in [5, 5.41) is 14.6. The number of amides is 2. The van der Waals surface area contributed by atoms with Gasteiger partial charge in [0.2, 0.25) is 5.91 Å². The van der Waals surface area contributed by atoms with E-state index in [0.717, 1.165) is 28.9 Å². The van der Waals surface area contributed by atoms with Crippen molar-refractivity contribution in [1.82, 2.24) is 5.32 Å². The average Bonchev–Trinajstić information content (AvgIpc) is 3.70. The molecule has 0 saturated carbocycles. The van der Waals surface area contributed by atoms with Gasteiger partial charge in [0.1, 0.15) is 30.1 Å². The van der Waals surface area contributed by atoms with E-state index in [1.807, 2.05) is 64.3 Å². The number of fused-ring (bicyclic) bond motifs is 5. The second-order valence-electron chi connectivity index (χ2n) is 12.9. The van der Waals surface area contributed by atoms with Crippen LogP contribution in [0.3, 0.4) is 0 Å². The minimum absolute atomic E-state index is 0.114. The van der Waals surface area contributed by atoms with Gasteiger partial charge in [-0.05, 0) is 57.1 Å². The van der Waals surface area contributed by atoms with Crippen LogP contribution < -0.4 is 10.2 Å². The van der Waals surface area contributed by atoms with E-state index in [4.69, 9.17) is 30.5 Å². The van der Waals surface area contributed by atoms with Crippen LogP contribution in [0.1, 0.15) is 58.1 Å². The number of anilines is 1. The maximum absolute atomic E-state index is 13.9. The number of hydrogen-bond acceptors (Lipinski definition) is 10. The third-order valence-corrected chi connectivity index (χ3v) is 11.6. The summed E-state index contributed by atoms with van der Waals surface area (Å²) in [5.74, 6) is -0.859.